The minimum atomic E-state index is -0.243. The van der Waals surface area contributed by atoms with Crippen molar-refractivity contribution in [3.63, 3.8) is 0 Å². The highest BCUT2D eigenvalue weighted by Crippen LogP contribution is 2.29. The molecule has 0 unspecified atom stereocenters. The van der Waals surface area contributed by atoms with E-state index in [9.17, 15) is 4.39 Å². The lowest BCUT2D eigenvalue weighted by atomic mass is 10.1. The number of nitrogens with one attached hydrogen (secondary N) is 1. The number of nitrogens with zero attached hydrogens (tertiary/aromatic N) is 3. The number of aromatic nitrogens is 3. The van der Waals surface area contributed by atoms with Crippen LogP contribution in [-0.4, -0.2) is 21.0 Å². The lowest BCUT2D eigenvalue weighted by molar-refractivity contribution is 0.340. The maximum Gasteiger partial charge on any atom is 0.235 e. The maximum atomic E-state index is 13.1. The van der Waals surface area contributed by atoms with E-state index in [1.807, 2.05) is 47.9 Å². The van der Waals surface area contributed by atoms with Gasteiger partial charge in [-0.1, -0.05) is 12.1 Å². The minimum absolute atomic E-state index is 0.243. The fourth-order valence-electron chi connectivity index (χ4n) is 2.92. The van der Waals surface area contributed by atoms with Gasteiger partial charge in [0, 0.05) is 24.5 Å². The van der Waals surface area contributed by atoms with E-state index in [4.69, 9.17) is 4.74 Å². The molecule has 0 saturated heterocycles. The Morgan fingerprint density at radius 3 is 2.59 bits per heavy atom. The number of rotatable bonds is 6. The van der Waals surface area contributed by atoms with E-state index in [1.54, 1.807) is 18.3 Å². The van der Waals surface area contributed by atoms with E-state index in [2.05, 4.69) is 15.3 Å². The number of fused-ring (bicyclic) bond motifs is 1. The molecule has 136 valence electrons. The molecule has 0 saturated carbocycles. The van der Waals surface area contributed by atoms with Crippen LogP contribution in [-0.2, 0) is 6.54 Å². The Bertz CT molecular complexity index is 1040. The Morgan fingerprint density at radius 2 is 1.85 bits per heavy atom. The van der Waals surface area contributed by atoms with Crippen LogP contribution in [0.15, 0.2) is 67.0 Å². The first kappa shape index (κ1) is 17.0. The number of hydrogen-bond donors (Lipinski definition) is 1. The van der Waals surface area contributed by atoms with Crippen LogP contribution in [0.5, 0.6) is 5.75 Å². The van der Waals surface area contributed by atoms with Crippen molar-refractivity contribution >= 4 is 11.6 Å². The molecule has 1 N–H and O–H groups in total. The molecule has 6 heteroatoms. The van der Waals surface area contributed by atoms with E-state index < -0.39 is 0 Å². The molecule has 4 aromatic rings. The van der Waals surface area contributed by atoms with E-state index in [0.29, 0.717) is 18.9 Å². The summed E-state index contributed by atoms with van der Waals surface area (Å²) in [6.45, 7) is 3.13. The summed E-state index contributed by atoms with van der Waals surface area (Å²) in [4.78, 5) is 9.01. The van der Waals surface area contributed by atoms with Crippen LogP contribution in [0.2, 0.25) is 0 Å². The molecular weight excluding hydrogens is 343 g/mol. The average molecular weight is 362 g/mol. The Balaban J connectivity index is 1.69. The maximum absolute atomic E-state index is 13.1. The highest BCUT2D eigenvalue weighted by molar-refractivity contribution is 5.75. The number of imidazole rings is 1. The van der Waals surface area contributed by atoms with E-state index in [-0.39, 0.29) is 5.82 Å². The van der Waals surface area contributed by atoms with E-state index >= 15 is 0 Å². The average Bonchev–Trinajstić information content (AvgIpc) is 3.07. The Labute approximate surface area is 156 Å². The van der Waals surface area contributed by atoms with Crippen molar-refractivity contribution in [2.75, 3.05) is 11.9 Å². The molecular formula is C21H19FN4O. The third-order valence-corrected chi connectivity index (χ3v) is 4.22. The molecule has 2 heterocycles. The topological polar surface area (TPSA) is 51.5 Å². The van der Waals surface area contributed by atoms with E-state index in [1.165, 1.54) is 12.1 Å². The van der Waals surface area contributed by atoms with Crippen LogP contribution in [0, 0.1) is 5.82 Å². The Morgan fingerprint density at radius 1 is 1.07 bits per heavy atom. The molecule has 27 heavy (non-hydrogen) atoms. The third-order valence-electron chi connectivity index (χ3n) is 4.22. The van der Waals surface area contributed by atoms with Crippen LogP contribution < -0.4 is 10.1 Å². The van der Waals surface area contributed by atoms with Crippen LogP contribution >= 0.6 is 0 Å². The molecule has 0 aliphatic rings. The standard InChI is InChI=1S/C21H19FN4O/c1-2-27-18-10-6-16(7-11-18)19-20(26-13-3-12-23-21(26)25-19)24-14-15-4-8-17(22)9-5-15/h3-13,24H,2,14H2,1H3. The van der Waals surface area contributed by atoms with Crippen molar-refractivity contribution < 1.29 is 9.13 Å². The summed E-state index contributed by atoms with van der Waals surface area (Å²) in [5.41, 5.74) is 2.75. The molecule has 0 amide bonds. The fraction of sp³-hybridized carbons (Fsp3) is 0.143. The van der Waals surface area contributed by atoms with Crippen LogP contribution in [0.25, 0.3) is 17.0 Å². The zero-order valence-corrected chi connectivity index (χ0v) is 14.9. The van der Waals surface area contributed by atoms with Gasteiger partial charge in [0.25, 0.3) is 0 Å². The van der Waals surface area contributed by atoms with Gasteiger partial charge in [-0.3, -0.25) is 4.40 Å². The first-order valence-corrected chi connectivity index (χ1v) is 8.79. The quantitative estimate of drug-likeness (QED) is 0.547. The molecule has 5 nitrogen and oxygen atoms in total. The smallest absolute Gasteiger partial charge is 0.235 e. The number of ether oxygens (including phenoxy) is 1. The number of hydrogen-bond acceptors (Lipinski definition) is 4. The summed E-state index contributed by atoms with van der Waals surface area (Å²) in [5, 5.41) is 3.42. The zero-order chi connectivity index (χ0) is 18.6. The van der Waals surface area contributed by atoms with Gasteiger partial charge in [0.05, 0.1) is 6.61 Å². The summed E-state index contributed by atoms with van der Waals surface area (Å²) in [6.07, 6.45) is 3.63. The lowest BCUT2D eigenvalue weighted by Gasteiger charge is -2.09. The van der Waals surface area contributed by atoms with Crippen molar-refractivity contribution in [3.05, 3.63) is 78.4 Å². The monoisotopic (exact) mass is 362 g/mol. The highest BCUT2D eigenvalue weighted by atomic mass is 19.1. The van der Waals surface area contributed by atoms with Crippen LogP contribution in [0.1, 0.15) is 12.5 Å². The van der Waals surface area contributed by atoms with Gasteiger partial charge in [0.15, 0.2) is 0 Å². The number of anilines is 1. The van der Waals surface area contributed by atoms with Crippen molar-refractivity contribution in [2.45, 2.75) is 13.5 Å². The first-order chi connectivity index (χ1) is 13.2. The molecule has 0 radical (unpaired) electrons. The van der Waals surface area contributed by atoms with Crippen LogP contribution in [0.3, 0.4) is 0 Å². The van der Waals surface area contributed by atoms with Gasteiger partial charge in [0.2, 0.25) is 5.78 Å². The Hall–Kier alpha value is -3.41. The second-order valence-electron chi connectivity index (χ2n) is 6.04. The summed E-state index contributed by atoms with van der Waals surface area (Å²) in [7, 11) is 0. The lowest BCUT2D eigenvalue weighted by Crippen LogP contribution is -2.03. The van der Waals surface area contributed by atoms with E-state index in [0.717, 1.165) is 28.4 Å². The van der Waals surface area contributed by atoms with Gasteiger partial charge >= 0.3 is 0 Å². The molecule has 0 spiro atoms. The highest BCUT2D eigenvalue weighted by Gasteiger charge is 2.14. The molecule has 2 aromatic carbocycles. The second kappa shape index (κ2) is 7.45. The van der Waals surface area contributed by atoms with Crippen molar-refractivity contribution in [2.24, 2.45) is 0 Å². The predicted molar refractivity (Wildman–Crippen MR) is 103 cm³/mol. The minimum Gasteiger partial charge on any atom is -0.494 e. The van der Waals surface area contributed by atoms with Gasteiger partial charge in [-0.25, -0.2) is 14.4 Å². The van der Waals surface area contributed by atoms with Gasteiger partial charge in [-0.2, -0.15) is 0 Å². The first-order valence-electron chi connectivity index (χ1n) is 8.79. The summed E-state index contributed by atoms with van der Waals surface area (Å²) >= 11 is 0. The number of benzene rings is 2. The predicted octanol–water partition coefficient (Wildman–Crippen LogP) is 4.55. The summed E-state index contributed by atoms with van der Waals surface area (Å²) in [5.74, 6) is 2.03. The van der Waals surface area contributed by atoms with Gasteiger partial charge in [-0.05, 0) is 55.0 Å². The summed E-state index contributed by atoms with van der Waals surface area (Å²) < 4.78 is 20.6. The largest absolute Gasteiger partial charge is 0.494 e. The van der Waals surface area contributed by atoms with Crippen molar-refractivity contribution in [3.8, 4) is 17.0 Å². The summed E-state index contributed by atoms with van der Waals surface area (Å²) in [6, 6.07) is 16.1. The zero-order valence-electron chi connectivity index (χ0n) is 14.9. The molecule has 0 atom stereocenters. The van der Waals surface area contributed by atoms with Crippen LogP contribution in [0.4, 0.5) is 10.2 Å². The molecule has 2 aromatic heterocycles. The molecule has 0 aliphatic heterocycles. The Kier molecular flexibility index (Phi) is 4.70. The van der Waals surface area contributed by atoms with Gasteiger partial charge < -0.3 is 10.1 Å². The second-order valence-corrected chi connectivity index (χ2v) is 6.04. The van der Waals surface area contributed by atoms with Crippen molar-refractivity contribution in [1.82, 2.24) is 14.4 Å². The van der Waals surface area contributed by atoms with Gasteiger partial charge in [-0.15, -0.1) is 0 Å². The molecule has 0 bridgehead atoms. The molecule has 4 rings (SSSR count). The van der Waals surface area contributed by atoms with Crippen molar-refractivity contribution in [1.29, 1.82) is 0 Å². The normalized spacial score (nSPS) is 10.9. The molecule has 0 aliphatic carbocycles. The fourth-order valence-corrected chi connectivity index (χ4v) is 2.92. The van der Waals surface area contributed by atoms with Gasteiger partial charge in [0.1, 0.15) is 23.1 Å². The SMILES string of the molecule is CCOc1ccc(-c2nc3ncccn3c2NCc2ccc(F)cc2)cc1. The number of halogens is 1. The third kappa shape index (κ3) is 3.60. The molecule has 0 fully saturated rings.